The number of hydrogen-bond donors (Lipinski definition) is 0. The zero-order chi connectivity index (χ0) is 8.69. The third-order valence-electron chi connectivity index (χ3n) is 0.940. The van der Waals surface area contributed by atoms with Gasteiger partial charge in [0.15, 0.2) is 0 Å². The molecule has 0 nitrogen and oxygen atoms in total. The summed E-state index contributed by atoms with van der Waals surface area (Å²) in [5.74, 6) is 0. The molecule has 0 bridgehead atoms. The Hall–Kier alpha value is -0.850. The Morgan fingerprint density at radius 2 is 1.80 bits per heavy atom. The Bertz CT molecular complexity index is 169. The number of alkyl halides is 1. The second-order valence-corrected chi connectivity index (χ2v) is 1.87. The van der Waals surface area contributed by atoms with E-state index in [1.165, 1.54) is 12.5 Å². The van der Waals surface area contributed by atoms with Crippen LogP contribution in [0.1, 0.15) is 13.9 Å². The van der Waals surface area contributed by atoms with E-state index < -0.39 is 6.65 Å². The molecule has 1 unspecified atom stereocenters. The first kappa shape index (κ1) is 7.26. The fourth-order valence-electron chi connectivity index (χ4n) is 0.534. The van der Waals surface area contributed by atoms with Crippen LogP contribution in [0.25, 0.3) is 0 Å². The second kappa shape index (κ2) is 6.27. The third kappa shape index (κ3) is 5.29. The zero-order valence-electron chi connectivity index (χ0n) is 7.34. The molecule has 0 saturated carbocycles. The smallest absolute Gasteiger partial charge is 0.0866 e. The van der Waals surface area contributed by atoms with Crippen molar-refractivity contribution in [1.29, 1.82) is 0 Å². The van der Waals surface area contributed by atoms with Crippen molar-refractivity contribution in [1.82, 2.24) is 0 Å². The molecule has 0 N–H and O–H groups in total. The van der Waals surface area contributed by atoms with Crippen LogP contribution in [0.2, 0.25) is 0 Å². The lowest BCUT2D eigenvalue weighted by atomic mass is 10.2. The van der Waals surface area contributed by atoms with Crippen molar-refractivity contribution in [3.63, 3.8) is 0 Å². The van der Waals surface area contributed by atoms with Gasteiger partial charge in [0.2, 0.25) is 0 Å². The molecular formula is C9H13F. The SMILES string of the molecule is Cc1ccccc1.[2H]C(C)F. The van der Waals surface area contributed by atoms with E-state index in [0.29, 0.717) is 0 Å². The molecule has 1 aromatic rings. The highest BCUT2D eigenvalue weighted by atomic mass is 19.1. The minimum absolute atomic E-state index is 1.17. The maximum absolute atomic E-state index is 10.7. The van der Waals surface area contributed by atoms with E-state index >= 15 is 0 Å². The Kier molecular flexibility index (Phi) is 4.55. The van der Waals surface area contributed by atoms with Crippen LogP contribution in [0, 0.1) is 6.92 Å². The molecule has 1 aromatic carbocycles. The van der Waals surface area contributed by atoms with E-state index in [2.05, 4.69) is 19.1 Å². The van der Waals surface area contributed by atoms with Crippen molar-refractivity contribution < 1.29 is 5.76 Å². The van der Waals surface area contributed by atoms with Crippen LogP contribution in [0.3, 0.4) is 0 Å². The van der Waals surface area contributed by atoms with Crippen LogP contribution in [-0.2, 0) is 0 Å². The summed E-state index contributed by atoms with van der Waals surface area (Å²) in [6, 6.07) is 10.3. The fraction of sp³-hybridized carbons (Fsp3) is 0.333. The number of hydrogen-bond acceptors (Lipinski definition) is 0. The van der Waals surface area contributed by atoms with E-state index in [4.69, 9.17) is 1.37 Å². The Balaban J connectivity index is 0.000000218. The molecule has 10 heavy (non-hydrogen) atoms. The highest BCUT2D eigenvalue weighted by Crippen LogP contribution is 1.92. The van der Waals surface area contributed by atoms with Crippen LogP contribution in [0.4, 0.5) is 4.39 Å². The van der Waals surface area contributed by atoms with Crippen molar-refractivity contribution in [2.45, 2.75) is 13.8 Å². The van der Waals surface area contributed by atoms with Gasteiger partial charge in [-0.05, 0) is 13.8 Å². The van der Waals surface area contributed by atoms with Crippen molar-refractivity contribution in [3.8, 4) is 0 Å². The summed E-state index contributed by atoms with van der Waals surface area (Å²) in [6.07, 6.45) is 0. The molecule has 0 aromatic heterocycles. The lowest BCUT2D eigenvalue weighted by molar-refractivity contribution is 0.527. The van der Waals surface area contributed by atoms with Crippen molar-refractivity contribution >= 4 is 0 Å². The van der Waals surface area contributed by atoms with E-state index in [0.717, 1.165) is 0 Å². The summed E-state index contributed by atoms with van der Waals surface area (Å²) < 4.78 is 16.6. The van der Waals surface area contributed by atoms with Crippen molar-refractivity contribution in [2.75, 3.05) is 6.65 Å². The fourth-order valence-corrected chi connectivity index (χ4v) is 0.534. The van der Waals surface area contributed by atoms with E-state index in [1.54, 1.807) is 0 Å². The topological polar surface area (TPSA) is 0 Å². The summed E-state index contributed by atoms with van der Waals surface area (Å²) in [6.45, 7) is 1.83. The molecule has 0 spiro atoms. The molecule has 0 aliphatic carbocycles. The molecule has 0 aliphatic rings. The standard InChI is InChI=1S/C7H8.C2H5F/c1-7-5-3-2-4-6-7;1-2-3/h2-6H,1H3;2H2,1H3/i;2D. The first-order chi connectivity index (χ1) is 5.13. The molecule has 1 heteroatoms. The first-order valence-electron chi connectivity index (χ1n) is 3.78. The van der Waals surface area contributed by atoms with Gasteiger partial charge in [-0.2, -0.15) is 0 Å². The van der Waals surface area contributed by atoms with Gasteiger partial charge in [-0.3, -0.25) is 4.39 Å². The number of halogens is 1. The van der Waals surface area contributed by atoms with Crippen molar-refractivity contribution in [2.24, 2.45) is 0 Å². The molecule has 0 saturated heterocycles. The lowest BCUT2D eigenvalue weighted by Gasteiger charge is -1.82. The summed E-state index contributed by atoms with van der Waals surface area (Å²) >= 11 is 0. The van der Waals surface area contributed by atoms with Crippen LogP contribution < -0.4 is 0 Å². The van der Waals surface area contributed by atoms with Gasteiger partial charge in [0.1, 0.15) is 0 Å². The van der Waals surface area contributed by atoms with Gasteiger partial charge in [0.05, 0.1) is 8.02 Å². The molecule has 0 amide bonds. The molecule has 0 heterocycles. The molecule has 56 valence electrons. The van der Waals surface area contributed by atoms with Crippen LogP contribution in [-0.4, -0.2) is 6.65 Å². The van der Waals surface area contributed by atoms with Crippen LogP contribution in [0.15, 0.2) is 30.3 Å². The summed E-state index contributed by atoms with van der Waals surface area (Å²) in [4.78, 5) is 0. The normalized spacial score (nSPS) is 12.5. The second-order valence-electron chi connectivity index (χ2n) is 1.87. The van der Waals surface area contributed by atoms with Gasteiger partial charge in [0.25, 0.3) is 0 Å². The maximum atomic E-state index is 10.7. The Morgan fingerprint density at radius 3 is 2.00 bits per heavy atom. The van der Waals surface area contributed by atoms with Gasteiger partial charge in [0, 0.05) is 0 Å². The molecule has 0 radical (unpaired) electrons. The molecule has 1 atom stereocenters. The maximum Gasteiger partial charge on any atom is 0.0866 e. The Labute approximate surface area is 63.1 Å². The predicted molar refractivity (Wildman–Crippen MR) is 42.8 cm³/mol. The third-order valence-corrected chi connectivity index (χ3v) is 0.940. The average Bonchev–Trinajstić information content (AvgIpc) is 1.87. The zero-order valence-corrected chi connectivity index (χ0v) is 6.34. The average molecular weight is 141 g/mol. The highest BCUT2D eigenvalue weighted by Gasteiger charge is 1.72. The van der Waals surface area contributed by atoms with E-state index in [1.807, 2.05) is 18.2 Å². The molecular weight excluding hydrogens is 127 g/mol. The highest BCUT2D eigenvalue weighted by molar-refractivity contribution is 5.11. The van der Waals surface area contributed by atoms with Gasteiger partial charge < -0.3 is 0 Å². The van der Waals surface area contributed by atoms with E-state index in [9.17, 15) is 4.39 Å². The molecule has 0 fully saturated rings. The van der Waals surface area contributed by atoms with Crippen LogP contribution >= 0.6 is 0 Å². The summed E-state index contributed by atoms with van der Waals surface area (Å²) in [7, 11) is 0. The predicted octanol–water partition coefficient (Wildman–Crippen LogP) is 2.97. The molecule has 1 rings (SSSR count). The Morgan fingerprint density at radius 1 is 1.40 bits per heavy atom. The first-order valence-corrected chi connectivity index (χ1v) is 3.21. The summed E-state index contributed by atoms with van der Waals surface area (Å²) in [5, 5.41) is 0. The van der Waals surface area contributed by atoms with Crippen molar-refractivity contribution in [3.05, 3.63) is 35.9 Å². The largest absolute Gasteiger partial charge is 0.251 e. The number of rotatable bonds is 0. The summed E-state index contributed by atoms with van der Waals surface area (Å²) in [5.41, 5.74) is 1.32. The molecule has 0 aliphatic heterocycles. The van der Waals surface area contributed by atoms with Gasteiger partial charge >= 0.3 is 0 Å². The van der Waals surface area contributed by atoms with Gasteiger partial charge in [-0.25, -0.2) is 0 Å². The van der Waals surface area contributed by atoms with E-state index in [-0.39, 0.29) is 0 Å². The van der Waals surface area contributed by atoms with Crippen LogP contribution in [0.5, 0.6) is 0 Å². The number of benzene rings is 1. The minimum Gasteiger partial charge on any atom is -0.251 e. The lowest BCUT2D eigenvalue weighted by Crippen LogP contribution is -1.62. The minimum atomic E-state index is -1.42. The quantitative estimate of drug-likeness (QED) is 0.521. The van der Waals surface area contributed by atoms with Gasteiger partial charge in [-0.1, -0.05) is 35.9 Å². The van der Waals surface area contributed by atoms with Gasteiger partial charge in [-0.15, -0.1) is 0 Å². The number of aryl methyl sites for hydroxylation is 1. The monoisotopic (exact) mass is 141 g/mol.